The maximum Gasteiger partial charge on any atom is 0.357 e. The molecule has 0 amide bonds. The van der Waals surface area contributed by atoms with E-state index in [1.807, 2.05) is 30.3 Å². The molecule has 0 unspecified atom stereocenters. The van der Waals surface area contributed by atoms with Gasteiger partial charge in [0.05, 0.1) is 11.8 Å². The topological polar surface area (TPSA) is 46.0 Å². The first-order valence-corrected chi connectivity index (χ1v) is 3.60. The molecule has 0 saturated heterocycles. The molecule has 0 saturated carbocycles. The molecule has 0 radical (unpaired) electrons. The molecule has 3 heteroatoms. The quantitative estimate of drug-likeness (QED) is 0.691. The molecule has 12 heavy (non-hydrogen) atoms. The van der Waals surface area contributed by atoms with E-state index in [4.69, 9.17) is 0 Å². The molecule has 0 aliphatic rings. The normalized spacial score (nSPS) is 10.0. The van der Waals surface area contributed by atoms with Crippen molar-refractivity contribution in [1.82, 2.24) is 5.16 Å². The second-order valence-corrected chi connectivity index (χ2v) is 2.45. The van der Waals surface area contributed by atoms with Gasteiger partial charge in [-0.3, -0.25) is 0 Å². The fraction of sp³-hybridized carbons (Fsp3) is 0. The SMILES string of the molecule is O=c1cc(-c2ccccc2)[nH]o1. The lowest BCUT2D eigenvalue weighted by Gasteiger charge is -1.92. The average molecular weight is 161 g/mol. The van der Waals surface area contributed by atoms with Crippen molar-refractivity contribution in [2.24, 2.45) is 0 Å². The summed E-state index contributed by atoms with van der Waals surface area (Å²) in [6.45, 7) is 0. The van der Waals surface area contributed by atoms with Crippen molar-refractivity contribution >= 4 is 0 Å². The van der Waals surface area contributed by atoms with Crippen molar-refractivity contribution in [3.05, 3.63) is 46.8 Å². The minimum absolute atomic E-state index is 0.353. The first-order chi connectivity index (χ1) is 5.86. The van der Waals surface area contributed by atoms with Gasteiger partial charge >= 0.3 is 5.63 Å². The van der Waals surface area contributed by atoms with E-state index in [0.29, 0.717) is 5.69 Å². The monoisotopic (exact) mass is 161 g/mol. The molecule has 0 spiro atoms. The summed E-state index contributed by atoms with van der Waals surface area (Å²) in [5, 5.41) is 2.53. The summed E-state index contributed by atoms with van der Waals surface area (Å²) in [5.41, 5.74) is 1.30. The second kappa shape index (κ2) is 2.70. The van der Waals surface area contributed by atoms with Crippen LogP contribution in [0.5, 0.6) is 0 Å². The van der Waals surface area contributed by atoms with Gasteiger partial charge in [-0.15, -0.1) is 0 Å². The molecule has 2 rings (SSSR count). The maximum atomic E-state index is 10.7. The van der Waals surface area contributed by atoms with E-state index >= 15 is 0 Å². The molecule has 0 aliphatic carbocycles. The molecule has 60 valence electrons. The van der Waals surface area contributed by atoms with Gasteiger partial charge in [-0.05, 0) is 0 Å². The predicted octanol–water partition coefficient (Wildman–Crippen LogP) is 1.63. The molecule has 3 nitrogen and oxygen atoms in total. The lowest BCUT2D eigenvalue weighted by Crippen LogP contribution is -1.85. The van der Waals surface area contributed by atoms with Gasteiger partial charge in [0.25, 0.3) is 0 Å². The van der Waals surface area contributed by atoms with Gasteiger partial charge in [-0.1, -0.05) is 30.3 Å². The van der Waals surface area contributed by atoms with E-state index in [2.05, 4.69) is 9.68 Å². The Hall–Kier alpha value is -1.77. The Morgan fingerprint density at radius 3 is 2.50 bits per heavy atom. The summed E-state index contributed by atoms with van der Waals surface area (Å²) in [4.78, 5) is 10.7. The fourth-order valence-electron chi connectivity index (χ4n) is 1.04. The molecular weight excluding hydrogens is 154 g/mol. The number of aromatic nitrogens is 1. The number of nitrogens with one attached hydrogen (secondary N) is 1. The Balaban J connectivity index is 2.51. The standard InChI is InChI=1S/C9H7NO2/c11-9-6-8(10-12-9)7-4-2-1-3-5-7/h1-6,10H. The molecule has 1 heterocycles. The molecule has 0 atom stereocenters. The summed E-state index contributed by atoms with van der Waals surface area (Å²) in [6, 6.07) is 11.0. The van der Waals surface area contributed by atoms with Crippen LogP contribution in [0.2, 0.25) is 0 Å². The lowest BCUT2D eigenvalue weighted by molar-refractivity contribution is 0.394. The van der Waals surface area contributed by atoms with Crippen molar-refractivity contribution in [2.45, 2.75) is 0 Å². The molecule has 1 N–H and O–H groups in total. The van der Waals surface area contributed by atoms with Gasteiger partial charge in [0, 0.05) is 5.56 Å². The third kappa shape index (κ3) is 1.16. The Bertz CT molecular complexity index is 413. The number of rotatable bonds is 1. The average Bonchev–Trinajstić information content (AvgIpc) is 2.54. The molecule has 0 fully saturated rings. The molecular formula is C9H7NO2. The Labute approximate surface area is 68.6 Å². The first kappa shape index (κ1) is 6.91. The highest BCUT2D eigenvalue weighted by atomic mass is 16.5. The second-order valence-electron chi connectivity index (χ2n) is 2.45. The van der Waals surface area contributed by atoms with Crippen LogP contribution >= 0.6 is 0 Å². The van der Waals surface area contributed by atoms with Crippen molar-refractivity contribution < 1.29 is 4.52 Å². The highest BCUT2D eigenvalue weighted by Gasteiger charge is 1.99. The fourth-order valence-corrected chi connectivity index (χ4v) is 1.04. The van der Waals surface area contributed by atoms with E-state index in [0.717, 1.165) is 5.56 Å². The molecule has 1 aromatic carbocycles. The zero-order valence-electron chi connectivity index (χ0n) is 6.28. The van der Waals surface area contributed by atoms with E-state index in [9.17, 15) is 4.79 Å². The maximum absolute atomic E-state index is 10.7. The third-order valence-corrected chi connectivity index (χ3v) is 1.61. The summed E-state index contributed by atoms with van der Waals surface area (Å²) < 4.78 is 4.54. The van der Waals surface area contributed by atoms with Gasteiger partial charge in [-0.2, -0.15) is 0 Å². The Kier molecular flexibility index (Phi) is 1.55. The van der Waals surface area contributed by atoms with Crippen LogP contribution in [0.3, 0.4) is 0 Å². The minimum atomic E-state index is -0.353. The van der Waals surface area contributed by atoms with Gasteiger partial charge in [-0.25, -0.2) is 9.95 Å². The lowest BCUT2D eigenvalue weighted by atomic mass is 10.2. The van der Waals surface area contributed by atoms with Crippen LogP contribution in [-0.4, -0.2) is 5.16 Å². The van der Waals surface area contributed by atoms with Crippen LogP contribution < -0.4 is 5.63 Å². The van der Waals surface area contributed by atoms with E-state index in [1.54, 1.807) is 0 Å². The van der Waals surface area contributed by atoms with Crippen LogP contribution in [0.4, 0.5) is 0 Å². The summed E-state index contributed by atoms with van der Waals surface area (Å²) >= 11 is 0. The minimum Gasteiger partial charge on any atom is -0.339 e. The zero-order valence-corrected chi connectivity index (χ0v) is 6.28. The van der Waals surface area contributed by atoms with Gasteiger partial charge < -0.3 is 4.52 Å². The van der Waals surface area contributed by atoms with E-state index < -0.39 is 0 Å². The summed E-state index contributed by atoms with van der Waals surface area (Å²) in [6.07, 6.45) is 0. The Morgan fingerprint density at radius 1 is 1.17 bits per heavy atom. The number of hydrogen-bond donors (Lipinski definition) is 1. The van der Waals surface area contributed by atoms with Crippen LogP contribution in [0.1, 0.15) is 0 Å². The molecule has 0 bridgehead atoms. The molecule has 0 aliphatic heterocycles. The van der Waals surface area contributed by atoms with Crippen LogP contribution in [-0.2, 0) is 0 Å². The number of aromatic amines is 1. The van der Waals surface area contributed by atoms with Crippen molar-refractivity contribution in [3.8, 4) is 11.3 Å². The summed E-state index contributed by atoms with van der Waals surface area (Å²) in [7, 11) is 0. The van der Waals surface area contributed by atoms with Crippen molar-refractivity contribution in [1.29, 1.82) is 0 Å². The van der Waals surface area contributed by atoms with Crippen LogP contribution in [0.25, 0.3) is 11.3 Å². The highest BCUT2D eigenvalue weighted by molar-refractivity contribution is 5.57. The van der Waals surface area contributed by atoms with Crippen molar-refractivity contribution in [3.63, 3.8) is 0 Å². The zero-order chi connectivity index (χ0) is 8.39. The third-order valence-electron chi connectivity index (χ3n) is 1.61. The summed E-state index contributed by atoms with van der Waals surface area (Å²) in [5.74, 6) is 0. The van der Waals surface area contributed by atoms with Gasteiger partial charge in [0.2, 0.25) is 0 Å². The first-order valence-electron chi connectivity index (χ1n) is 3.60. The Morgan fingerprint density at radius 2 is 1.92 bits per heavy atom. The molecule has 1 aromatic heterocycles. The van der Waals surface area contributed by atoms with Crippen LogP contribution in [0, 0.1) is 0 Å². The molecule has 2 aromatic rings. The van der Waals surface area contributed by atoms with Gasteiger partial charge in [0.15, 0.2) is 0 Å². The van der Waals surface area contributed by atoms with Gasteiger partial charge in [0.1, 0.15) is 0 Å². The number of H-pyrrole nitrogens is 1. The van der Waals surface area contributed by atoms with Crippen molar-refractivity contribution in [2.75, 3.05) is 0 Å². The van der Waals surface area contributed by atoms with E-state index in [-0.39, 0.29) is 5.63 Å². The van der Waals surface area contributed by atoms with E-state index in [1.165, 1.54) is 6.07 Å². The predicted molar refractivity (Wildman–Crippen MR) is 44.8 cm³/mol. The van der Waals surface area contributed by atoms with Crippen LogP contribution in [0.15, 0.2) is 45.7 Å². The smallest absolute Gasteiger partial charge is 0.339 e. The highest BCUT2D eigenvalue weighted by Crippen LogP contribution is 2.13. The number of benzene rings is 1. The largest absolute Gasteiger partial charge is 0.357 e. The number of hydrogen-bond acceptors (Lipinski definition) is 2.